The monoisotopic (exact) mass is 457 g/mol. The van der Waals surface area contributed by atoms with E-state index >= 15 is 0 Å². The molecule has 16 heteroatoms. The lowest BCUT2D eigenvalue weighted by atomic mass is 10.3. The summed E-state index contributed by atoms with van der Waals surface area (Å²) in [6, 6.07) is 0.228. The van der Waals surface area contributed by atoms with E-state index in [9.17, 15) is 54.1 Å². The fraction of sp³-hybridized carbons (Fsp3) is 0.462. The molecule has 0 heterocycles. The maximum Gasteiger partial charge on any atom is 0.461 e. The molecular weight excluding hydrogens is 447 g/mol. The van der Waals surface area contributed by atoms with Crippen LogP contribution in [-0.2, 0) is 19.4 Å². The number of rotatable bonds is 8. The molecule has 0 spiro atoms. The molecule has 0 fully saturated rings. The van der Waals surface area contributed by atoms with E-state index in [2.05, 4.69) is 9.47 Å². The number of hydrogen-bond donors (Lipinski definition) is 0. The highest BCUT2D eigenvalue weighted by Crippen LogP contribution is 2.51. The first-order valence-electron chi connectivity index (χ1n) is 7.14. The van der Waals surface area contributed by atoms with Gasteiger partial charge in [0.2, 0.25) is 0 Å². The number of nitro benzene ring substituents is 1. The third kappa shape index (κ3) is 4.51. The Hall–Kier alpha value is -2.65. The Kier molecular flexibility index (Phi) is 6.73. The van der Waals surface area contributed by atoms with Gasteiger partial charge in [-0.2, -0.15) is 30.7 Å². The molecule has 1 aromatic carbocycles. The Balaban J connectivity index is 3.43. The number of ether oxygens (including phenoxy) is 2. The van der Waals surface area contributed by atoms with Crippen molar-refractivity contribution in [3.63, 3.8) is 0 Å². The van der Waals surface area contributed by atoms with Gasteiger partial charge >= 0.3 is 29.0 Å². The second kappa shape index (κ2) is 8.00. The van der Waals surface area contributed by atoms with Crippen LogP contribution in [0.4, 0.5) is 36.4 Å². The molecule has 0 amide bonds. The highest BCUT2D eigenvalue weighted by Gasteiger charge is 2.78. The van der Waals surface area contributed by atoms with E-state index < -0.39 is 61.0 Å². The van der Waals surface area contributed by atoms with Crippen LogP contribution in [0, 0.1) is 10.1 Å². The number of sulfone groups is 1. The highest BCUT2D eigenvalue weighted by atomic mass is 32.2. The van der Waals surface area contributed by atoms with Crippen molar-refractivity contribution in [1.82, 2.24) is 0 Å². The van der Waals surface area contributed by atoms with Gasteiger partial charge in [0.25, 0.3) is 9.84 Å². The van der Waals surface area contributed by atoms with Crippen molar-refractivity contribution in [2.24, 2.45) is 0 Å². The zero-order valence-electron chi connectivity index (χ0n) is 14.0. The normalized spacial score (nSPS) is 13.1. The Bertz CT molecular complexity index is 899. The van der Waals surface area contributed by atoms with Crippen molar-refractivity contribution in [3.8, 4) is 5.75 Å². The summed E-state index contributed by atoms with van der Waals surface area (Å²) in [5.41, 5.74) is -1.39. The first-order valence-corrected chi connectivity index (χ1v) is 8.62. The van der Waals surface area contributed by atoms with Crippen molar-refractivity contribution >= 4 is 21.5 Å². The summed E-state index contributed by atoms with van der Waals surface area (Å²) >= 11 is 0. The predicted octanol–water partition coefficient (Wildman–Crippen LogP) is 3.10. The van der Waals surface area contributed by atoms with Crippen LogP contribution in [0.5, 0.6) is 5.75 Å². The van der Waals surface area contributed by atoms with E-state index in [0.29, 0.717) is 6.07 Å². The fourth-order valence-corrected chi connectivity index (χ4v) is 3.01. The van der Waals surface area contributed by atoms with Crippen molar-refractivity contribution < 1.29 is 58.3 Å². The number of carbonyl (C=O) groups is 1. The fourth-order valence-electron chi connectivity index (χ4n) is 1.75. The van der Waals surface area contributed by atoms with Crippen molar-refractivity contribution in [3.05, 3.63) is 28.3 Å². The van der Waals surface area contributed by atoms with E-state index in [-0.39, 0.29) is 18.7 Å². The van der Waals surface area contributed by atoms with Crippen LogP contribution in [0.3, 0.4) is 0 Å². The van der Waals surface area contributed by atoms with Gasteiger partial charge in [0.15, 0.2) is 12.4 Å². The lowest BCUT2D eigenvalue weighted by molar-refractivity contribution is -0.386. The minimum atomic E-state index is -6.99. The first-order chi connectivity index (χ1) is 13.0. The van der Waals surface area contributed by atoms with Gasteiger partial charge in [-0.25, -0.2) is 13.2 Å². The molecule has 164 valence electrons. The second-order valence-electron chi connectivity index (χ2n) is 5.07. The number of nitro groups is 1. The summed E-state index contributed by atoms with van der Waals surface area (Å²) in [6.07, 6.45) is -6.93. The quantitative estimate of drug-likeness (QED) is 0.255. The van der Waals surface area contributed by atoms with Gasteiger partial charge < -0.3 is 9.47 Å². The largest absolute Gasteiger partial charge is 0.475 e. The lowest BCUT2D eigenvalue weighted by Gasteiger charge is -2.27. The van der Waals surface area contributed by atoms with Gasteiger partial charge in [0.05, 0.1) is 16.4 Å². The average molecular weight is 457 g/mol. The van der Waals surface area contributed by atoms with Gasteiger partial charge in [-0.05, 0) is 19.1 Å². The predicted molar refractivity (Wildman–Crippen MR) is 78.4 cm³/mol. The molecular formula is C13H10F7NO7S. The molecule has 8 nitrogen and oxygen atoms in total. The third-order valence-corrected chi connectivity index (χ3v) is 4.95. The van der Waals surface area contributed by atoms with Crippen LogP contribution < -0.4 is 4.74 Å². The molecule has 0 saturated heterocycles. The zero-order chi connectivity index (χ0) is 22.8. The molecule has 0 N–H and O–H groups in total. The third-order valence-electron chi connectivity index (χ3n) is 3.15. The van der Waals surface area contributed by atoms with E-state index in [0.717, 1.165) is 0 Å². The van der Waals surface area contributed by atoms with E-state index in [4.69, 9.17) is 0 Å². The van der Waals surface area contributed by atoms with Crippen LogP contribution in [0.15, 0.2) is 23.1 Å². The molecule has 0 aliphatic rings. The van der Waals surface area contributed by atoms with Gasteiger partial charge in [0.1, 0.15) is 0 Å². The van der Waals surface area contributed by atoms with E-state index in [1.54, 1.807) is 0 Å². The van der Waals surface area contributed by atoms with E-state index in [1.807, 2.05) is 0 Å². The minimum absolute atomic E-state index is 0.0865. The number of halogens is 7. The Morgan fingerprint density at radius 1 is 1.14 bits per heavy atom. The standard InChI is InChI=1S/C13H10F7NO7S/c1-2-27-10(22)6-28-9-4-3-7(5-8(9)21(23)24)29(25,26)13(19,20)11(14,15)12(16,17)18/h3-5H,2,6H2,1H3. The molecule has 0 aromatic heterocycles. The maximum absolute atomic E-state index is 13.6. The molecule has 0 unspecified atom stereocenters. The molecule has 1 rings (SSSR count). The van der Waals surface area contributed by atoms with Gasteiger partial charge in [-0.3, -0.25) is 10.1 Å². The van der Waals surface area contributed by atoms with Crippen molar-refractivity contribution in [2.45, 2.75) is 29.2 Å². The summed E-state index contributed by atoms with van der Waals surface area (Å²) in [5, 5.41) is 4.29. The number of nitrogens with zero attached hydrogens (tertiary/aromatic N) is 1. The number of esters is 1. The van der Waals surface area contributed by atoms with Gasteiger partial charge in [-0.1, -0.05) is 0 Å². The number of alkyl halides is 7. The molecule has 0 aliphatic heterocycles. The van der Waals surface area contributed by atoms with Crippen molar-refractivity contribution in [2.75, 3.05) is 13.2 Å². The Morgan fingerprint density at radius 3 is 2.14 bits per heavy atom. The van der Waals surface area contributed by atoms with Crippen molar-refractivity contribution in [1.29, 1.82) is 0 Å². The van der Waals surface area contributed by atoms with Crippen LogP contribution >= 0.6 is 0 Å². The summed E-state index contributed by atoms with van der Waals surface area (Å²) in [4.78, 5) is 18.8. The van der Waals surface area contributed by atoms with Crippen LogP contribution in [-0.4, -0.2) is 49.9 Å². The molecule has 0 bridgehead atoms. The summed E-state index contributed by atoms with van der Waals surface area (Å²) in [6.45, 7) is 0.393. The molecule has 1 aromatic rings. The van der Waals surface area contributed by atoms with Crippen LogP contribution in [0.25, 0.3) is 0 Å². The highest BCUT2D eigenvalue weighted by molar-refractivity contribution is 7.92. The first kappa shape index (κ1) is 24.4. The Morgan fingerprint density at radius 2 is 1.69 bits per heavy atom. The molecule has 0 aliphatic carbocycles. The topological polar surface area (TPSA) is 113 Å². The Labute approximate surface area is 157 Å². The summed E-state index contributed by atoms with van der Waals surface area (Å²) < 4.78 is 123. The SMILES string of the molecule is CCOC(=O)COc1ccc(S(=O)(=O)C(F)(F)C(F)(F)C(F)(F)F)cc1[N+](=O)[O-]. The molecule has 0 saturated carbocycles. The van der Waals surface area contributed by atoms with Gasteiger partial charge in [0, 0.05) is 6.07 Å². The second-order valence-corrected chi connectivity index (χ2v) is 7.06. The van der Waals surface area contributed by atoms with Crippen LogP contribution in [0.1, 0.15) is 6.92 Å². The minimum Gasteiger partial charge on any atom is -0.475 e. The number of benzene rings is 1. The maximum atomic E-state index is 13.6. The average Bonchev–Trinajstić information content (AvgIpc) is 2.58. The lowest BCUT2D eigenvalue weighted by Crippen LogP contribution is -2.55. The van der Waals surface area contributed by atoms with Gasteiger partial charge in [-0.15, -0.1) is 0 Å². The molecule has 0 atom stereocenters. The number of carbonyl (C=O) groups excluding carboxylic acids is 1. The zero-order valence-corrected chi connectivity index (χ0v) is 14.8. The van der Waals surface area contributed by atoms with Crippen LogP contribution in [0.2, 0.25) is 0 Å². The van der Waals surface area contributed by atoms with E-state index in [1.165, 1.54) is 6.92 Å². The molecule has 29 heavy (non-hydrogen) atoms. The smallest absolute Gasteiger partial charge is 0.461 e. The summed E-state index contributed by atoms with van der Waals surface area (Å²) in [5.74, 6) is -8.87. The molecule has 0 radical (unpaired) electrons. The number of hydrogen-bond acceptors (Lipinski definition) is 7. The summed E-state index contributed by atoms with van der Waals surface area (Å²) in [7, 11) is -6.75.